The van der Waals surface area contributed by atoms with Gasteiger partial charge in [-0.3, -0.25) is 9.59 Å². The van der Waals surface area contributed by atoms with Crippen LogP contribution in [0.3, 0.4) is 0 Å². The lowest BCUT2D eigenvalue weighted by Gasteiger charge is -2.13. The van der Waals surface area contributed by atoms with Crippen molar-refractivity contribution in [2.75, 3.05) is 6.54 Å². The van der Waals surface area contributed by atoms with Gasteiger partial charge in [0.05, 0.1) is 6.33 Å². The topological polar surface area (TPSA) is 68.9 Å². The number of hydrogen-bond donors (Lipinski definition) is 1. The van der Waals surface area contributed by atoms with Gasteiger partial charge < -0.3 is 14.5 Å². The maximum Gasteiger partial charge on any atom is 0.250 e. The number of hydrogen-bond acceptors (Lipinski definition) is 3. The highest BCUT2D eigenvalue weighted by molar-refractivity contribution is 5.79. The minimum absolute atomic E-state index is 0.0226. The Balaban J connectivity index is 1.75. The van der Waals surface area contributed by atoms with Crippen molar-refractivity contribution in [3.63, 3.8) is 0 Å². The predicted molar refractivity (Wildman–Crippen MR) is 75.3 cm³/mol. The third-order valence-electron chi connectivity index (χ3n) is 3.13. The first-order valence-corrected chi connectivity index (χ1v) is 6.59. The summed E-state index contributed by atoms with van der Waals surface area (Å²) in [7, 11) is 0. The molecular formula is C14H18N4O2. The molecule has 0 saturated carbocycles. The van der Waals surface area contributed by atoms with Gasteiger partial charge in [0.1, 0.15) is 6.04 Å². The molecule has 1 N–H and O–H groups in total. The van der Waals surface area contributed by atoms with E-state index in [1.807, 2.05) is 13.0 Å². The second-order valence-electron chi connectivity index (χ2n) is 4.56. The van der Waals surface area contributed by atoms with Crippen LogP contribution in [0.15, 0.2) is 47.9 Å². The molecule has 6 heteroatoms. The van der Waals surface area contributed by atoms with Gasteiger partial charge in [0.2, 0.25) is 11.5 Å². The zero-order valence-electron chi connectivity index (χ0n) is 11.4. The molecule has 0 aliphatic heterocycles. The number of nitrogens with zero attached hydrogens (tertiary/aromatic N) is 3. The zero-order chi connectivity index (χ0) is 14.4. The molecule has 0 saturated heterocycles. The van der Waals surface area contributed by atoms with Crippen molar-refractivity contribution in [2.45, 2.75) is 25.9 Å². The SMILES string of the molecule is C[C@H](C(=O)NCCCn1ccccc1=O)n1ccnc1. The number of carbonyl (C=O) groups excluding carboxylic acids is 1. The van der Waals surface area contributed by atoms with Crippen molar-refractivity contribution in [1.82, 2.24) is 19.4 Å². The van der Waals surface area contributed by atoms with Gasteiger partial charge in [0.15, 0.2) is 0 Å². The van der Waals surface area contributed by atoms with E-state index in [0.717, 1.165) is 0 Å². The first-order valence-electron chi connectivity index (χ1n) is 6.59. The summed E-state index contributed by atoms with van der Waals surface area (Å²) in [5.41, 5.74) is -0.0226. The van der Waals surface area contributed by atoms with Crippen molar-refractivity contribution in [2.24, 2.45) is 0 Å². The number of imidazole rings is 1. The fourth-order valence-electron chi connectivity index (χ4n) is 1.89. The Hall–Kier alpha value is -2.37. The molecule has 0 fully saturated rings. The maximum atomic E-state index is 11.9. The van der Waals surface area contributed by atoms with Crippen molar-refractivity contribution >= 4 is 5.91 Å². The highest BCUT2D eigenvalue weighted by Gasteiger charge is 2.12. The molecule has 0 aliphatic rings. The Morgan fingerprint density at radius 2 is 2.25 bits per heavy atom. The second-order valence-corrected chi connectivity index (χ2v) is 4.56. The lowest BCUT2D eigenvalue weighted by atomic mass is 10.3. The monoisotopic (exact) mass is 274 g/mol. The normalized spacial score (nSPS) is 12.1. The highest BCUT2D eigenvalue weighted by Crippen LogP contribution is 2.03. The second kappa shape index (κ2) is 6.70. The smallest absolute Gasteiger partial charge is 0.250 e. The average Bonchev–Trinajstić information content (AvgIpc) is 2.98. The summed E-state index contributed by atoms with van der Waals surface area (Å²) < 4.78 is 3.38. The van der Waals surface area contributed by atoms with Gasteiger partial charge in [-0.05, 0) is 19.4 Å². The molecule has 0 spiro atoms. The molecule has 20 heavy (non-hydrogen) atoms. The van der Waals surface area contributed by atoms with Crippen molar-refractivity contribution < 1.29 is 4.79 Å². The van der Waals surface area contributed by atoms with Gasteiger partial charge in [-0.15, -0.1) is 0 Å². The van der Waals surface area contributed by atoms with Crippen LogP contribution >= 0.6 is 0 Å². The number of aromatic nitrogens is 3. The lowest BCUT2D eigenvalue weighted by Crippen LogP contribution is -2.32. The first kappa shape index (κ1) is 14.0. The Kier molecular flexibility index (Phi) is 4.70. The summed E-state index contributed by atoms with van der Waals surface area (Å²) in [5, 5.41) is 2.86. The first-order chi connectivity index (χ1) is 9.68. The number of amides is 1. The number of aryl methyl sites for hydroxylation is 1. The van der Waals surface area contributed by atoms with Crippen LogP contribution in [0.2, 0.25) is 0 Å². The fraction of sp³-hybridized carbons (Fsp3) is 0.357. The van der Waals surface area contributed by atoms with Gasteiger partial charge in [-0.25, -0.2) is 4.98 Å². The van der Waals surface area contributed by atoms with Crippen LogP contribution in [-0.2, 0) is 11.3 Å². The van der Waals surface area contributed by atoms with Crippen LogP contribution in [0, 0.1) is 0 Å². The van der Waals surface area contributed by atoms with E-state index in [2.05, 4.69) is 10.3 Å². The van der Waals surface area contributed by atoms with E-state index in [-0.39, 0.29) is 17.5 Å². The quantitative estimate of drug-likeness (QED) is 0.793. The number of rotatable bonds is 6. The summed E-state index contributed by atoms with van der Waals surface area (Å²) in [5.74, 6) is -0.0524. The molecule has 0 radical (unpaired) electrons. The van der Waals surface area contributed by atoms with Gasteiger partial charge in [0.25, 0.3) is 0 Å². The molecule has 106 valence electrons. The van der Waals surface area contributed by atoms with Crippen LogP contribution in [0.25, 0.3) is 0 Å². The summed E-state index contributed by atoms with van der Waals surface area (Å²) in [6.07, 6.45) is 7.48. The minimum Gasteiger partial charge on any atom is -0.354 e. The molecule has 0 bridgehead atoms. The van der Waals surface area contributed by atoms with Crippen LogP contribution in [-0.4, -0.2) is 26.6 Å². The van der Waals surface area contributed by atoms with Crippen molar-refractivity contribution in [3.8, 4) is 0 Å². The Morgan fingerprint density at radius 1 is 1.40 bits per heavy atom. The van der Waals surface area contributed by atoms with Crippen molar-refractivity contribution in [1.29, 1.82) is 0 Å². The molecule has 0 aromatic carbocycles. The summed E-state index contributed by atoms with van der Waals surface area (Å²) in [6, 6.07) is 4.78. The average molecular weight is 274 g/mol. The maximum absolute atomic E-state index is 11.9. The number of carbonyl (C=O) groups is 1. The number of nitrogens with one attached hydrogen (secondary N) is 1. The van der Waals surface area contributed by atoms with Gasteiger partial charge >= 0.3 is 0 Å². The molecular weight excluding hydrogens is 256 g/mol. The Bertz CT molecular complexity index is 604. The van der Waals surface area contributed by atoms with E-state index in [4.69, 9.17) is 0 Å². The molecule has 2 aromatic rings. The van der Waals surface area contributed by atoms with Gasteiger partial charge in [0, 0.05) is 37.7 Å². The molecule has 2 rings (SSSR count). The van der Waals surface area contributed by atoms with Gasteiger partial charge in [-0.2, -0.15) is 0 Å². The van der Waals surface area contributed by atoms with Crippen LogP contribution in [0.1, 0.15) is 19.4 Å². The Morgan fingerprint density at radius 3 is 2.95 bits per heavy atom. The molecule has 1 amide bonds. The van der Waals surface area contributed by atoms with Crippen LogP contribution < -0.4 is 10.9 Å². The fourth-order valence-corrected chi connectivity index (χ4v) is 1.89. The van der Waals surface area contributed by atoms with E-state index >= 15 is 0 Å². The third kappa shape index (κ3) is 3.57. The minimum atomic E-state index is -0.281. The summed E-state index contributed by atoms with van der Waals surface area (Å²) in [4.78, 5) is 27.3. The molecule has 1 atom stereocenters. The van der Waals surface area contributed by atoms with Gasteiger partial charge in [-0.1, -0.05) is 6.07 Å². The summed E-state index contributed by atoms with van der Waals surface area (Å²) in [6.45, 7) is 2.96. The molecule has 2 aromatic heterocycles. The molecule has 6 nitrogen and oxygen atoms in total. The summed E-state index contributed by atoms with van der Waals surface area (Å²) >= 11 is 0. The Labute approximate surface area is 117 Å². The molecule has 2 heterocycles. The van der Waals surface area contributed by atoms with Crippen LogP contribution in [0.4, 0.5) is 0 Å². The van der Waals surface area contributed by atoms with E-state index < -0.39 is 0 Å². The third-order valence-corrected chi connectivity index (χ3v) is 3.13. The van der Waals surface area contributed by atoms with Crippen molar-refractivity contribution in [3.05, 3.63) is 53.5 Å². The largest absolute Gasteiger partial charge is 0.354 e. The molecule has 0 aliphatic carbocycles. The van der Waals surface area contributed by atoms with Crippen LogP contribution in [0.5, 0.6) is 0 Å². The zero-order valence-corrected chi connectivity index (χ0v) is 11.4. The van der Waals surface area contributed by atoms with E-state index in [9.17, 15) is 9.59 Å². The standard InChI is InChI=1S/C14H18N4O2/c1-12(18-10-7-15-11-18)14(20)16-6-4-9-17-8-3-2-5-13(17)19/h2-3,5,7-8,10-12H,4,6,9H2,1H3,(H,16,20)/t12-/m1/s1. The number of pyridine rings is 1. The van der Waals surface area contributed by atoms with E-state index in [1.165, 1.54) is 6.07 Å². The van der Waals surface area contributed by atoms with E-state index in [1.54, 1.807) is 40.1 Å². The lowest BCUT2D eigenvalue weighted by molar-refractivity contribution is -0.123. The molecule has 0 unspecified atom stereocenters. The highest BCUT2D eigenvalue weighted by atomic mass is 16.2. The predicted octanol–water partition coefficient (Wildman–Crippen LogP) is 0.812. The van der Waals surface area contributed by atoms with E-state index in [0.29, 0.717) is 19.5 Å².